The van der Waals surface area contributed by atoms with Gasteiger partial charge in [0, 0.05) is 23.4 Å². The van der Waals surface area contributed by atoms with Crippen LogP contribution in [0.1, 0.15) is 16.8 Å². The standard InChI is InChI=1S/C19H22N2O7S2/c1-27-16-6-7-18(17(11-16)28-2)30(25,26)21-14-5-3-4-13(10-14)19(22)20-15-8-9-29(23,24)12-15/h3-7,10-11,15,21H,8-9,12H2,1-2H3,(H,20,22)/t15-/m1/s1. The second-order valence-electron chi connectivity index (χ2n) is 6.78. The number of sulfonamides is 1. The van der Waals surface area contributed by atoms with E-state index in [0.717, 1.165) is 0 Å². The molecule has 0 bridgehead atoms. The van der Waals surface area contributed by atoms with Crippen LogP contribution in [-0.2, 0) is 19.9 Å². The molecule has 1 aliphatic heterocycles. The van der Waals surface area contributed by atoms with E-state index >= 15 is 0 Å². The molecule has 9 nitrogen and oxygen atoms in total. The summed E-state index contributed by atoms with van der Waals surface area (Å²) in [6, 6.07) is 9.79. The minimum absolute atomic E-state index is 0.0431. The lowest BCUT2D eigenvalue weighted by molar-refractivity contribution is 0.0941. The van der Waals surface area contributed by atoms with Crippen LogP contribution < -0.4 is 19.5 Å². The number of carbonyl (C=O) groups excluding carboxylic acids is 1. The summed E-state index contributed by atoms with van der Waals surface area (Å²) < 4.78 is 61.4. The van der Waals surface area contributed by atoms with Gasteiger partial charge in [-0.2, -0.15) is 0 Å². The third kappa shape index (κ3) is 5.03. The molecule has 30 heavy (non-hydrogen) atoms. The van der Waals surface area contributed by atoms with Crippen molar-refractivity contribution in [1.29, 1.82) is 0 Å². The van der Waals surface area contributed by atoms with Crippen LogP contribution in [0.4, 0.5) is 5.69 Å². The Hall–Kier alpha value is -2.79. The van der Waals surface area contributed by atoms with Crippen molar-refractivity contribution in [1.82, 2.24) is 5.32 Å². The lowest BCUT2D eigenvalue weighted by Gasteiger charge is -2.14. The molecule has 0 unspecified atom stereocenters. The molecule has 1 heterocycles. The van der Waals surface area contributed by atoms with Crippen molar-refractivity contribution in [3.8, 4) is 11.5 Å². The predicted molar refractivity (Wildman–Crippen MR) is 111 cm³/mol. The van der Waals surface area contributed by atoms with E-state index in [1.807, 2.05) is 0 Å². The number of rotatable bonds is 7. The quantitative estimate of drug-likeness (QED) is 0.648. The summed E-state index contributed by atoms with van der Waals surface area (Å²) in [6.07, 6.45) is 0.359. The van der Waals surface area contributed by atoms with Crippen molar-refractivity contribution in [3.05, 3.63) is 48.0 Å². The molecule has 1 atom stereocenters. The fourth-order valence-corrected chi connectivity index (χ4v) is 5.98. The molecule has 1 saturated heterocycles. The Balaban J connectivity index is 1.78. The number of amides is 1. The Bertz CT molecular complexity index is 1160. The third-order valence-corrected chi connectivity index (χ3v) is 7.79. The monoisotopic (exact) mass is 454 g/mol. The van der Waals surface area contributed by atoms with E-state index in [-0.39, 0.29) is 33.4 Å². The number of benzene rings is 2. The summed E-state index contributed by atoms with van der Waals surface area (Å²) in [5.41, 5.74) is 0.390. The van der Waals surface area contributed by atoms with Crippen LogP contribution in [0.5, 0.6) is 11.5 Å². The zero-order chi connectivity index (χ0) is 21.9. The van der Waals surface area contributed by atoms with Gasteiger partial charge in [0.25, 0.3) is 15.9 Å². The molecule has 2 N–H and O–H groups in total. The fraction of sp³-hybridized carbons (Fsp3) is 0.316. The zero-order valence-electron chi connectivity index (χ0n) is 16.4. The van der Waals surface area contributed by atoms with E-state index in [1.54, 1.807) is 0 Å². The van der Waals surface area contributed by atoms with Crippen LogP contribution in [0.2, 0.25) is 0 Å². The van der Waals surface area contributed by atoms with E-state index < -0.39 is 31.8 Å². The van der Waals surface area contributed by atoms with Gasteiger partial charge in [0.15, 0.2) is 9.84 Å². The van der Waals surface area contributed by atoms with Crippen molar-refractivity contribution in [2.75, 3.05) is 30.4 Å². The second-order valence-corrected chi connectivity index (χ2v) is 10.7. The minimum Gasteiger partial charge on any atom is -0.497 e. The summed E-state index contributed by atoms with van der Waals surface area (Å²) in [7, 11) is -4.32. The third-order valence-electron chi connectivity index (χ3n) is 4.60. The Morgan fingerprint density at radius 2 is 1.87 bits per heavy atom. The van der Waals surface area contributed by atoms with Gasteiger partial charge in [0.1, 0.15) is 16.4 Å². The summed E-state index contributed by atoms with van der Waals surface area (Å²) >= 11 is 0. The first kappa shape index (κ1) is 21.9. The van der Waals surface area contributed by atoms with Gasteiger partial charge in [-0.1, -0.05) is 6.07 Å². The normalized spacial score (nSPS) is 17.9. The molecule has 2 aromatic carbocycles. The summed E-state index contributed by atoms with van der Waals surface area (Å²) in [5, 5.41) is 2.67. The molecule has 2 aromatic rings. The number of methoxy groups -OCH3 is 2. The molecule has 11 heteroatoms. The van der Waals surface area contributed by atoms with Gasteiger partial charge >= 0.3 is 0 Å². The van der Waals surface area contributed by atoms with Crippen molar-refractivity contribution >= 4 is 31.5 Å². The summed E-state index contributed by atoms with van der Waals surface area (Å²) in [6.45, 7) is 0. The van der Waals surface area contributed by atoms with Crippen molar-refractivity contribution < 1.29 is 31.1 Å². The topological polar surface area (TPSA) is 128 Å². The molecule has 1 aliphatic rings. The van der Waals surface area contributed by atoms with Gasteiger partial charge in [0.2, 0.25) is 0 Å². The maximum atomic E-state index is 12.8. The summed E-state index contributed by atoms with van der Waals surface area (Å²) in [4.78, 5) is 12.4. The smallest absolute Gasteiger partial charge is 0.265 e. The molecule has 1 fully saturated rings. The number of nitrogens with one attached hydrogen (secondary N) is 2. The number of ether oxygens (including phenoxy) is 2. The van der Waals surface area contributed by atoms with Crippen LogP contribution in [-0.4, -0.2) is 54.5 Å². The molecule has 1 amide bonds. The first-order valence-corrected chi connectivity index (χ1v) is 12.3. The van der Waals surface area contributed by atoms with Gasteiger partial charge < -0.3 is 14.8 Å². The highest BCUT2D eigenvalue weighted by Gasteiger charge is 2.29. The van der Waals surface area contributed by atoms with Gasteiger partial charge in [-0.15, -0.1) is 0 Å². The number of hydrogen-bond acceptors (Lipinski definition) is 7. The highest BCUT2D eigenvalue weighted by molar-refractivity contribution is 7.92. The molecule has 0 spiro atoms. The highest BCUT2D eigenvalue weighted by Crippen LogP contribution is 2.30. The first-order chi connectivity index (χ1) is 14.1. The van der Waals surface area contributed by atoms with E-state index in [2.05, 4.69) is 10.0 Å². The second kappa shape index (κ2) is 8.52. The van der Waals surface area contributed by atoms with Gasteiger partial charge in [0.05, 0.1) is 25.7 Å². The van der Waals surface area contributed by atoms with Crippen LogP contribution in [0.3, 0.4) is 0 Å². The molecule has 0 aromatic heterocycles. The molecular formula is C19H22N2O7S2. The number of anilines is 1. The summed E-state index contributed by atoms with van der Waals surface area (Å²) in [5.74, 6) is 0.0286. The van der Waals surface area contributed by atoms with Gasteiger partial charge in [-0.05, 0) is 36.8 Å². The Labute approximate surface area is 175 Å². The SMILES string of the molecule is COc1ccc(S(=O)(=O)Nc2cccc(C(=O)N[C@@H]3CCS(=O)(=O)C3)c2)c(OC)c1. The first-order valence-electron chi connectivity index (χ1n) is 9.00. The molecule has 0 aliphatic carbocycles. The van der Waals surface area contributed by atoms with Gasteiger partial charge in [-0.25, -0.2) is 16.8 Å². The van der Waals surface area contributed by atoms with Crippen molar-refractivity contribution in [2.24, 2.45) is 0 Å². The average molecular weight is 455 g/mol. The van der Waals surface area contributed by atoms with Crippen LogP contribution in [0, 0.1) is 0 Å². The van der Waals surface area contributed by atoms with Crippen LogP contribution in [0.15, 0.2) is 47.4 Å². The molecule has 162 valence electrons. The lowest BCUT2D eigenvalue weighted by atomic mass is 10.1. The number of carbonyl (C=O) groups is 1. The predicted octanol–water partition coefficient (Wildman–Crippen LogP) is 1.42. The minimum atomic E-state index is -4.00. The van der Waals surface area contributed by atoms with E-state index in [0.29, 0.717) is 12.2 Å². The maximum Gasteiger partial charge on any atom is 0.265 e. The van der Waals surface area contributed by atoms with Gasteiger partial charge in [-0.3, -0.25) is 9.52 Å². The Morgan fingerprint density at radius 1 is 1.10 bits per heavy atom. The number of hydrogen-bond donors (Lipinski definition) is 2. The number of sulfone groups is 1. The molecule has 0 saturated carbocycles. The van der Waals surface area contributed by atoms with Crippen molar-refractivity contribution in [3.63, 3.8) is 0 Å². The van der Waals surface area contributed by atoms with Crippen molar-refractivity contribution in [2.45, 2.75) is 17.4 Å². The molecule has 3 rings (SSSR count). The van der Waals surface area contributed by atoms with E-state index in [4.69, 9.17) is 9.47 Å². The molecule has 0 radical (unpaired) electrons. The largest absolute Gasteiger partial charge is 0.497 e. The fourth-order valence-electron chi connectivity index (χ4n) is 3.11. The molecular weight excluding hydrogens is 432 g/mol. The Morgan fingerprint density at radius 3 is 2.50 bits per heavy atom. The highest BCUT2D eigenvalue weighted by atomic mass is 32.2. The zero-order valence-corrected chi connectivity index (χ0v) is 18.0. The van der Waals surface area contributed by atoms with Crippen LogP contribution in [0.25, 0.3) is 0 Å². The average Bonchev–Trinajstić information content (AvgIpc) is 3.05. The Kier molecular flexibility index (Phi) is 6.22. The van der Waals surface area contributed by atoms with E-state index in [9.17, 15) is 21.6 Å². The lowest BCUT2D eigenvalue weighted by Crippen LogP contribution is -2.35. The van der Waals surface area contributed by atoms with Crippen LogP contribution >= 0.6 is 0 Å². The van der Waals surface area contributed by atoms with E-state index in [1.165, 1.54) is 56.7 Å². The maximum absolute atomic E-state index is 12.8.